The molecule has 0 aliphatic heterocycles. The van der Waals surface area contributed by atoms with Gasteiger partial charge in [-0.05, 0) is 38.8 Å². The van der Waals surface area contributed by atoms with E-state index in [2.05, 4.69) is 10.6 Å². The van der Waals surface area contributed by atoms with Crippen molar-refractivity contribution in [2.24, 2.45) is 5.92 Å². The summed E-state index contributed by atoms with van der Waals surface area (Å²) >= 11 is 1.22. The van der Waals surface area contributed by atoms with Gasteiger partial charge in [-0.15, -0.1) is 11.8 Å². The van der Waals surface area contributed by atoms with Crippen molar-refractivity contribution in [2.75, 3.05) is 16.8 Å². The Morgan fingerprint density at radius 1 is 1.15 bits per heavy atom. The molecule has 2 atom stereocenters. The Balaban J connectivity index is 1.76. The number of carbonyl (C=O) groups excluding carboxylic acids is 2. The van der Waals surface area contributed by atoms with Gasteiger partial charge in [0.25, 0.3) is 0 Å². The van der Waals surface area contributed by atoms with Crippen molar-refractivity contribution in [3.63, 3.8) is 0 Å². The highest BCUT2D eigenvalue weighted by Gasteiger charge is 2.42. The Morgan fingerprint density at radius 2 is 1.81 bits per heavy atom. The number of amides is 2. The number of hydrogen-bond acceptors (Lipinski definition) is 4. The first kappa shape index (κ1) is 20.3. The summed E-state index contributed by atoms with van der Waals surface area (Å²) in [5.41, 5.74) is 1.13. The van der Waals surface area contributed by atoms with Crippen molar-refractivity contribution in [3.05, 3.63) is 29.8 Å². The predicted molar refractivity (Wildman–Crippen MR) is 103 cm³/mol. The van der Waals surface area contributed by atoms with E-state index in [0.717, 1.165) is 24.1 Å². The van der Waals surface area contributed by atoms with Crippen LogP contribution in [0.4, 0.5) is 5.69 Å². The summed E-state index contributed by atoms with van der Waals surface area (Å²) in [6.07, 6.45) is 3.02. The lowest BCUT2D eigenvalue weighted by molar-refractivity contribution is -0.146. The van der Waals surface area contributed by atoms with Gasteiger partial charge in [-0.3, -0.25) is 14.4 Å². The molecule has 1 aromatic rings. The molecule has 0 bridgehead atoms. The van der Waals surface area contributed by atoms with Gasteiger partial charge in [0, 0.05) is 5.69 Å². The lowest BCUT2D eigenvalue weighted by atomic mass is 9.74. The van der Waals surface area contributed by atoms with Gasteiger partial charge in [0.05, 0.1) is 23.0 Å². The Hall–Kier alpha value is -2.02. The number of thioether (sulfide) groups is 1. The SMILES string of the molecule is Cc1ccc(NC(=O)CSCC(=O)NC2(C)CCCCC2C(=O)O)cc1. The smallest absolute Gasteiger partial charge is 0.308 e. The van der Waals surface area contributed by atoms with Gasteiger partial charge in [-0.1, -0.05) is 30.5 Å². The zero-order chi connectivity index (χ0) is 19.2. The van der Waals surface area contributed by atoms with Crippen molar-refractivity contribution in [1.29, 1.82) is 0 Å². The van der Waals surface area contributed by atoms with Gasteiger partial charge in [0.15, 0.2) is 0 Å². The van der Waals surface area contributed by atoms with E-state index in [9.17, 15) is 19.5 Å². The minimum atomic E-state index is -0.863. The molecule has 142 valence electrons. The summed E-state index contributed by atoms with van der Waals surface area (Å²) in [7, 11) is 0. The molecular formula is C19H26N2O4S. The van der Waals surface area contributed by atoms with E-state index in [1.54, 1.807) is 6.92 Å². The number of aryl methyl sites for hydroxylation is 1. The summed E-state index contributed by atoms with van der Waals surface area (Å²) in [5.74, 6) is -1.52. The van der Waals surface area contributed by atoms with Crippen LogP contribution in [0.2, 0.25) is 0 Å². The zero-order valence-electron chi connectivity index (χ0n) is 15.2. The minimum Gasteiger partial charge on any atom is -0.481 e. The van der Waals surface area contributed by atoms with Gasteiger partial charge in [-0.2, -0.15) is 0 Å². The first-order valence-electron chi connectivity index (χ1n) is 8.78. The first-order valence-corrected chi connectivity index (χ1v) is 9.94. The Labute approximate surface area is 158 Å². The number of nitrogens with one attached hydrogen (secondary N) is 2. The van der Waals surface area contributed by atoms with Crippen LogP contribution in [0.25, 0.3) is 0 Å². The maximum atomic E-state index is 12.2. The van der Waals surface area contributed by atoms with E-state index in [1.165, 1.54) is 11.8 Å². The van der Waals surface area contributed by atoms with Crippen molar-refractivity contribution in [1.82, 2.24) is 5.32 Å². The van der Waals surface area contributed by atoms with E-state index < -0.39 is 17.4 Å². The van der Waals surface area contributed by atoms with Crippen LogP contribution < -0.4 is 10.6 Å². The van der Waals surface area contributed by atoms with Gasteiger partial charge >= 0.3 is 5.97 Å². The molecule has 1 aliphatic carbocycles. The molecule has 7 heteroatoms. The van der Waals surface area contributed by atoms with Crippen molar-refractivity contribution >= 4 is 35.2 Å². The quantitative estimate of drug-likeness (QED) is 0.678. The molecule has 26 heavy (non-hydrogen) atoms. The van der Waals surface area contributed by atoms with Gasteiger partial charge in [0.1, 0.15) is 0 Å². The molecule has 1 aliphatic rings. The topological polar surface area (TPSA) is 95.5 Å². The van der Waals surface area contributed by atoms with Crippen LogP contribution in [0.3, 0.4) is 0 Å². The first-order chi connectivity index (χ1) is 12.3. The summed E-state index contributed by atoms with van der Waals surface area (Å²) in [6, 6.07) is 7.50. The molecule has 1 fully saturated rings. The fraction of sp³-hybridized carbons (Fsp3) is 0.526. The molecule has 0 radical (unpaired) electrons. The number of carbonyl (C=O) groups is 3. The van der Waals surface area contributed by atoms with Crippen LogP contribution in [0, 0.1) is 12.8 Å². The molecular weight excluding hydrogens is 352 g/mol. The average molecular weight is 378 g/mol. The molecule has 2 unspecified atom stereocenters. The predicted octanol–water partition coefficient (Wildman–Crippen LogP) is 2.82. The molecule has 0 heterocycles. The van der Waals surface area contributed by atoms with Crippen LogP contribution in [0.1, 0.15) is 38.2 Å². The molecule has 0 aromatic heterocycles. The number of carboxylic acids is 1. The second-order valence-corrected chi connectivity index (χ2v) is 7.99. The monoisotopic (exact) mass is 378 g/mol. The largest absolute Gasteiger partial charge is 0.481 e. The second-order valence-electron chi connectivity index (χ2n) is 7.01. The van der Waals surface area contributed by atoms with Gasteiger partial charge in [0.2, 0.25) is 11.8 Å². The number of carboxylic acid groups (broad SMARTS) is 1. The standard InChI is InChI=1S/C19H26N2O4S/c1-13-6-8-14(9-7-13)20-16(22)11-26-12-17(23)21-19(2)10-4-3-5-15(19)18(24)25/h6-9,15H,3-5,10-12H2,1-2H3,(H,20,22)(H,21,23)(H,24,25). The molecule has 6 nitrogen and oxygen atoms in total. The normalized spacial score (nSPS) is 22.5. The Kier molecular flexibility index (Phi) is 7.08. The third-order valence-corrected chi connectivity index (χ3v) is 5.67. The number of benzene rings is 1. The van der Waals surface area contributed by atoms with E-state index >= 15 is 0 Å². The number of aliphatic carboxylic acids is 1. The fourth-order valence-corrected chi connectivity index (χ4v) is 3.92. The maximum Gasteiger partial charge on any atom is 0.308 e. The van der Waals surface area contributed by atoms with E-state index in [0.29, 0.717) is 12.8 Å². The molecule has 2 amide bonds. The maximum absolute atomic E-state index is 12.2. The minimum absolute atomic E-state index is 0.128. The van der Waals surface area contributed by atoms with Crippen LogP contribution in [0.15, 0.2) is 24.3 Å². The fourth-order valence-electron chi connectivity index (χ4n) is 3.30. The number of rotatable bonds is 7. The van der Waals surface area contributed by atoms with E-state index in [1.807, 2.05) is 31.2 Å². The van der Waals surface area contributed by atoms with Crippen molar-refractivity contribution < 1.29 is 19.5 Å². The lowest BCUT2D eigenvalue weighted by Gasteiger charge is -2.39. The van der Waals surface area contributed by atoms with Crippen molar-refractivity contribution in [3.8, 4) is 0 Å². The second kappa shape index (κ2) is 9.07. The zero-order valence-corrected chi connectivity index (χ0v) is 16.0. The van der Waals surface area contributed by atoms with Crippen LogP contribution >= 0.6 is 11.8 Å². The highest BCUT2D eigenvalue weighted by atomic mass is 32.2. The van der Waals surface area contributed by atoms with E-state index in [-0.39, 0.29) is 23.3 Å². The third kappa shape index (κ3) is 5.76. The molecule has 3 N–H and O–H groups in total. The third-order valence-electron chi connectivity index (χ3n) is 4.73. The summed E-state index contributed by atoms with van der Waals surface area (Å²) < 4.78 is 0. The molecule has 0 saturated heterocycles. The molecule has 2 rings (SSSR count). The van der Waals surface area contributed by atoms with Gasteiger partial charge < -0.3 is 15.7 Å². The van der Waals surface area contributed by atoms with Crippen LogP contribution in [-0.2, 0) is 14.4 Å². The molecule has 1 saturated carbocycles. The highest BCUT2D eigenvalue weighted by molar-refractivity contribution is 8.00. The van der Waals surface area contributed by atoms with Crippen molar-refractivity contribution in [2.45, 2.75) is 45.1 Å². The highest BCUT2D eigenvalue weighted by Crippen LogP contribution is 2.33. The molecule has 1 aromatic carbocycles. The Morgan fingerprint density at radius 3 is 2.46 bits per heavy atom. The summed E-state index contributed by atoms with van der Waals surface area (Å²) in [4.78, 5) is 35.6. The number of hydrogen-bond donors (Lipinski definition) is 3. The van der Waals surface area contributed by atoms with Crippen LogP contribution in [-0.4, -0.2) is 39.9 Å². The van der Waals surface area contributed by atoms with Crippen LogP contribution in [0.5, 0.6) is 0 Å². The van der Waals surface area contributed by atoms with E-state index in [4.69, 9.17) is 0 Å². The van der Waals surface area contributed by atoms with Gasteiger partial charge in [-0.25, -0.2) is 0 Å². The summed E-state index contributed by atoms with van der Waals surface area (Å²) in [5, 5.41) is 15.1. The Bertz CT molecular complexity index is 662. The molecule has 0 spiro atoms. The lowest BCUT2D eigenvalue weighted by Crippen LogP contribution is -2.55. The summed E-state index contributed by atoms with van der Waals surface area (Å²) in [6.45, 7) is 3.78. The average Bonchev–Trinajstić information content (AvgIpc) is 2.56. The number of anilines is 1.